The molecule has 0 aliphatic heterocycles. The Balaban J connectivity index is 2.67. The van der Waals surface area contributed by atoms with E-state index >= 15 is 0 Å². The van der Waals surface area contributed by atoms with Crippen LogP contribution in [0.1, 0.15) is 5.56 Å². The summed E-state index contributed by atoms with van der Waals surface area (Å²) in [6.45, 7) is 0. The Morgan fingerprint density at radius 3 is 2.35 bits per heavy atom. The molecule has 0 amide bonds. The third-order valence-corrected chi connectivity index (χ3v) is 3.80. The summed E-state index contributed by atoms with van der Waals surface area (Å²) < 4.78 is 0. The summed E-state index contributed by atoms with van der Waals surface area (Å²) in [5.74, 6) is 0.398. The van der Waals surface area contributed by atoms with Crippen molar-refractivity contribution in [1.29, 1.82) is 0 Å². The standard InChI is InChI=1S/C13H8Cl4/c14-7-8-4-5-9(15)6-11(8)10-2-1-3-12(16)13(10)17/h1-6H,7H2. The molecule has 0 aliphatic rings. The fourth-order valence-corrected chi connectivity index (χ4v) is 2.44. The molecular formula is C13H8Cl4. The van der Waals surface area contributed by atoms with Gasteiger partial charge < -0.3 is 0 Å². The zero-order valence-corrected chi connectivity index (χ0v) is 11.7. The lowest BCUT2D eigenvalue weighted by molar-refractivity contribution is 1.40. The summed E-state index contributed by atoms with van der Waals surface area (Å²) in [7, 11) is 0. The molecule has 0 saturated heterocycles. The molecule has 0 atom stereocenters. The predicted molar refractivity (Wildman–Crippen MR) is 76.5 cm³/mol. The van der Waals surface area contributed by atoms with Crippen molar-refractivity contribution >= 4 is 46.4 Å². The molecule has 0 aromatic heterocycles. The van der Waals surface area contributed by atoms with E-state index in [2.05, 4.69) is 0 Å². The van der Waals surface area contributed by atoms with E-state index in [1.165, 1.54) is 0 Å². The highest BCUT2D eigenvalue weighted by molar-refractivity contribution is 6.43. The molecule has 0 radical (unpaired) electrons. The molecule has 0 bridgehead atoms. The van der Waals surface area contributed by atoms with Gasteiger partial charge in [-0.1, -0.05) is 53.0 Å². The second-order valence-corrected chi connectivity index (χ2v) is 5.03. The summed E-state index contributed by atoms with van der Waals surface area (Å²) in [4.78, 5) is 0. The minimum atomic E-state index is 0.398. The molecule has 2 aromatic rings. The first-order valence-corrected chi connectivity index (χ1v) is 6.59. The van der Waals surface area contributed by atoms with Gasteiger partial charge in [-0.05, 0) is 29.3 Å². The highest BCUT2D eigenvalue weighted by atomic mass is 35.5. The highest BCUT2D eigenvalue weighted by Gasteiger charge is 2.11. The number of benzene rings is 2. The minimum Gasteiger partial charge on any atom is -0.122 e. The Labute approximate surface area is 120 Å². The van der Waals surface area contributed by atoms with Crippen LogP contribution in [0.3, 0.4) is 0 Å². The van der Waals surface area contributed by atoms with Crippen molar-refractivity contribution in [2.75, 3.05) is 0 Å². The molecule has 0 nitrogen and oxygen atoms in total. The molecule has 0 aliphatic carbocycles. The number of hydrogen-bond donors (Lipinski definition) is 0. The van der Waals surface area contributed by atoms with Crippen molar-refractivity contribution in [3.63, 3.8) is 0 Å². The van der Waals surface area contributed by atoms with E-state index in [1.54, 1.807) is 12.1 Å². The van der Waals surface area contributed by atoms with Gasteiger partial charge in [-0.15, -0.1) is 11.6 Å². The van der Waals surface area contributed by atoms with Crippen molar-refractivity contribution in [3.05, 3.63) is 57.0 Å². The van der Waals surface area contributed by atoms with Gasteiger partial charge in [0.2, 0.25) is 0 Å². The first kappa shape index (κ1) is 13.0. The van der Waals surface area contributed by atoms with Crippen LogP contribution in [0.15, 0.2) is 36.4 Å². The molecule has 17 heavy (non-hydrogen) atoms. The van der Waals surface area contributed by atoms with Crippen LogP contribution in [0.4, 0.5) is 0 Å². The van der Waals surface area contributed by atoms with E-state index in [1.807, 2.05) is 24.3 Å². The quantitative estimate of drug-likeness (QED) is 0.592. The van der Waals surface area contributed by atoms with Crippen LogP contribution >= 0.6 is 46.4 Å². The topological polar surface area (TPSA) is 0 Å². The number of alkyl halides is 1. The van der Waals surface area contributed by atoms with E-state index in [0.717, 1.165) is 16.7 Å². The van der Waals surface area contributed by atoms with Gasteiger partial charge in [0, 0.05) is 16.5 Å². The fraction of sp³-hybridized carbons (Fsp3) is 0.0769. The molecule has 0 spiro atoms. The zero-order valence-electron chi connectivity index (χ0n) is 8.68. The minimum absolute atomic E-state index is 0.398. The summed E-state index contributed by atoms with van der Waals surface area (Å²) in [5.41, 5.74) is 2.73. The van der Waals surface area contributed by atoms with Crippen LogP contribution < -0.4 is 0 Å². The van der Waals surface area contributed by atoms with Crippen molar-refractivity contribution in [2.24, 2.45) is 0 Å². The lowest BCUT2D eigenvalue weighted by atomic mass is 10.0. The largest absolute Gasteiger partial charge is 0.122 e. The lowest BCUT2D eigenvalue weighted by Gasteiger charge is -2.10. The van der Waals surface area contributed by atoms with Crippen LogP contribution in [0.2, 0.25) is 15.1 Å². The Kier molecular flexibility index (Phi) is 4.22. The van der Waals surface area contributed by atoms with E-state index in [-0.39, 0.29) is 0 Å². The zero-order chi connectivity index (χ0) is 12.4. The Bertz CT molecular complexity index is 549. The molecule has 0 heterocycles. The monoisotopic (exact) mass is 304 g/mol. The molecule has 4 heteroatoms. The summed E-state index contributed by atoms with van der Waals surface area (Å²) >= 11 is 24.1. The first-order chi connectivity index (χ1) is 8.13. The number of rotatable bonds is 2. The molecule has 0 N–H and O–H groups in total. The highest BCUT2D eigenvalue weighted by Crippen LogP contribution is 2.36. The van der Waals surface area contributed by atoms with Crippen LogP contribution in [-0.2, 0) is 5.88 Å². The van der Waals surface area contributed by atoms with Gasteiger partial charge >= 0.3 is 0 Å². The van der Waals surface area contributed by atoms with Crippen molar-refractivity contribution < 1.29 is 0 Å². The van der Waals surface area contributed by atoms with Gasteiger partial charge in [0.05, 0.1) is 10.0 Å². The summed E-state index contributed by atoms with van der Waals surface area (Å²) in [6, 6.07) is 11.0. The molecular weight excluding hydrogens is 298 g/mol. The molecule has 2 aromatic carbocycles. The summed E-state index contributed by atoms with van der Waals surface area (Å²) in [5, 5.41) is 1.68. The van der Waals surface area contributed by atoms with Crippen molar-refractivity contribution in [1.82, 2.24) is 0 Å². The van der Waals surface area contributed by atoms with Crippen molar-refractivity contribution in [3.8, 4) is 11.1 Å². The van der Waals surface area contributed by atoms with Gasteiger partial charge in [-0.3, -0.25) is 0 Å². The van der Waals surface area contributed by atoms with E-state index in [9.17, 15) is 0 Å². The lowest BCUT2D eigenvalue weighted by Crippen LogP contribution is -1.88. The van der Waals surface area contributed by atoms with E-state index in [4.69, 9.17) is 46.4 Å². The second kappa shape index (κ2) is 5.49. The summed E-state index contributed by atoms with van der Waals surface area (Å²) in [6.07, 6.45) is 0. The maximum absolute atomic E-state index is 6.19. The molecule has 2 rings (SSSR count). The van der Waals surface area contributed by atoms with E-state index < -0.39 is 0 Å². The predicted octanol–water partition coefficient (Wildman–Crippen LogP) is 6.05. The van der Waals surface area contributed by atoms with Gasteiger partial charge in [-0.25, -0.2) is 0 Å². The SMILES string of the molecule is ClCc1ccc(Cl)cc1-c1cccc(Cl)c1Cl. The average molecular weight is 306 g/mol. The van der Waals surface area contributed by atoms with Gasteiger partial charge in [-0.2, -0.15) is 0 Å². The molecule has 0 saturated carbocycles. The third-order valence-electron chi connectivity index (χ3n) is 2.46. The Morgan fingerprint density at radius 2 is 1.65 bits per heavy atom. The van der Waals surface area contributed by atoms with Crippen LogP contribution in [-0.4, -0.2) is 0 Å². The molecule has 0 fully saturated rings. The first-order valence-electron chi connectivity index (χ1n) is 4.92. The molecule has 0 unspecified atom stereocenters. The van der Waals surface area contributed by atoms with Gasteiger partial charge in [0.15, 0.2) is 0 Å². The fourth-order valence-electron chi connectivity index (χ4n) is 1.63. The Hall–Kier alpha value is -0.400. The maximum atomic E-state index is 6.19. The molecule has 88 valence electrons. The second-order valence-electron chi connectivity index (χ2n) is 3.54. The number of hydrogen-bond acceptors (Lipinski definition) is 0. The van der Waals surface area contributed by atoms with Crippen LogP contribution in [0.25, 0.3) is 11.1 Å². The van der Waals surface area contributed by atoms with Gasteiger partial charge in [0.25, 0.3) is 0 Å². The Morgan fingerprint density at radius 1 is 0.882 bits per heavy atom. The van der Waals surface area contributed by atoms with Crippen LogP contribution in [0, 0.1) is 0 Å². The van der Waals surface area contributed by atoms with E-state index in [0.29, 0.717) is 20.9 Å². The van der Waals surface area contributed by atoms with Gasteiger partial charge in [0.1, 0.15) is 0 Å². The third kappa shape index (κ3) is 2.71. The van der Waals surface area contributed by atoms with Crippen molar-refractivity contribution in [2.45, 2.75) is 5.88 Å². The van der Waals surface area contributed by atoms with Crippen LogP contribution in [0.5, 0.6) is 0 Å². The average Bonchev–Trinajstić information content (AvgIpc) is 2.33. The number of halogens is 4. The smallest absolute Gasteiger partial charge is 0.0670 e. The maximum Gasteiger partial charge on any atom is 0.0670 e. The normalized spacial score (nSPS) is 10.6.